The highest BCUT2D eigenvalue weighted by Gasteiger charge is 2.35. The molecule has 2 fully saturated rings. The lowest BCUT2D eigenvalue weighted by Crippen LogP contribution is -2.51. The van der Waals surface area contributed by atoms with Crippen LogP contribution >= 0.6 is 0 Å². The molecule has 27 heavy (non-hydrogen) atoms. The summed E-state index contributed by atoms with van der Waals surface area (Å²) in [5, 5.41) is 2.91. The summed E-state index contributed by atoms with van der Waals surface area (Å²) in [6.07, 6.45) is 6.38. The maximum absolute atomic E-state index is 12.8. The summed E-state index contributed by atoms with van der Waals surface area (Å²) >= 11 is 0. The molecule has 1 saturated heterocycles. The lowest BCUT2D eigenvalue weighted by atomic mass is 9.71. The normalized spacial score (nSPS) is 20.3. The van der Waals surface area contributed by atoms with Crippen LogP contribution in [0.25, 0.3) is 0 Å². The molecule has 0 spiro atoms. The van der Waals surface area contributed by atoms with Gasteiger partial charge in [0.15, 0.2) is 0 Å². The fourth-order valence-corrected chi connectivity index (χ4v) is 4.27. The Kier molecular flexibility index (Phi) is 6.85. The van der Waals surface area contributed by atoms with E-state index in [1.54, 1.807) is 0 Å². The standard InChI is InChI=1S/C21H32N4O2/c22-17-21(9-5-2-6-10-21)15-20(27)25-13-11-24(12-14-25)16-19(26)23-18-7-3-1-4-8-18/h1,3-4,7-8H,2,5-6,9-17,22H2,(H,23,26). The van der Waals surface area contributed by atoms with Crippen molar-refractivity contribution in [1.82, 2.24) is 9.80 Å². The Morgan fingerprint density at radius 3 is 2.30 bits per heavy atom. The maximum Gasteiger partial charge on any atom is 0.238 e. The molecule has 1 saturated carbocycles. The third-order valence-corrected chi connectivity index (χ3v) is 6.02. The molecule has 0 aromatic heterocycles. The molecule has 3 N–H and O–H groups in total. The molecule has 2 aliphatic rings. The molecule has 3 rings (SSSR count). The molecular weight excluding hydrogens is 340 g/mol. The Morgan fingerprint density at radius 1 is 1.00 bits per heavy atom. The topological polar surface area (TPSA) is 78.7 Å². The van der Waals surface area contributed by atoms with Crippen molar-refractivity contribution < 1.29 is 9.59 Å². The number of anilines is 1. The van der Waals surface area contributed by atoms with Gasteiger partial charge in [0, 0.05) is 38.3 Å². The fourth-order valence-electron chi connectivity index (χ4n) is 4.27. The molecule has 0 atom stereocenters. The highest BCUT2D eigenvalue weighted by atomic mass is 16.2. The van der Waals surface area contributed by atoms with Gasteiger partial charge in [0.1, 0.15) is 0 Å². The summed E-state index contributed by atoms with van der Waals surface area (Å²) in [6.45, 7) is 3.84. The second-order valence-corrected chi connectivity index (χ2v) is 8.01. The van der Waals surface area contributed by atoms with Crippen molar-refractivity contribution in [2.75, 3.05) is 44.6 Å². The Bertz CT molecular complexity index is 620. The number of carbonyl (C=O) groups is 2. The largest absolute Gasteiger partial charge is 0.340 e. The monoisotopic (exact) mass is 372 g/mol. The van der Waals surface area contributed by atoms with Gasteiger partial charge in [0.05, 0.1) is 6.54 Å². The number of amides is 2. The van der Waals surface area contributed by atoms with Gasteiger partial charge in [-0.15, -0.1) is 0 Å². The van der Waals surface area contributed by atoms with Gasteiger partial charge >= 0.3 is 0 Å². The molecule has 0 bridgehead atoms. The highest BCUT2D eigenvalue weighted by Crippen LogP contribution is 2.38. The van der Waals surface area contributed by atoms with E-state index < -0.39 is 0 Å². The fraction of sp³-hybridized carbons (Fsp3) is 0.619. The van der Waals surface area contributed by atoms with E-state index in [1.165, 1.54) is 19.3 Å². The van der Waals surface area contributed by atoms with Gasteiger partial charge in [-0.3, -0.25) is 14.5 Å². The summed E-state index contributed by atoms with van der Waals surface area (Å²) in [4.78, 5) is 29.0. The average molecular weight is 373 g/mol. The highest BCUT2D eigenvalue weighted by molar-refractivity contribution is 5.92. The molecule has 1 aromatic carbocycles. The minimum atomic E-state index is -0.00901. The van der Waals surface area contributed by atoms with E-state index >= 15 is 0 Å². The smallest absolute Gasteiger partial charge is 0.238 e. The van der Waals surface area contributed by atoms with Crippen LogP contribution in [0.15, 0.2) is 30.3 Å². The van der Waals surface area contributed by atoms with Crippen LogP contribution in [0.4, 0.5) is 5.69 Å². The predicted octanol–water partition coefficient (Wildman–Crippen LogP) is 2.07. The van der Waals surface area contributed by atoms with E-state index in [9.17, 15) is 9.59 Å². The Labute approximate surface area is 162 Å². The molecule has 1 aromatic rings. The number of carbonyl (C=O) groups excluding carboxylic acids is 2. The van der Waals surface area contributed by atoms with Gasteiger partial charge in [-0.2, -0.15) is 0 Å². The van der Waals surface area contributed by atoms with Gasteiger partial charge in [-0.25, -0.2) is 0 Å². The van der Waals surface area contributed by atoms with Gasteiger partial charge < -0.3 is 16.0 Å². The van der Waals surface area contributed by atoms with Crippen LogP contribution in [0.2, 0.25) is 0 Å². The Hall–Kier alpha value is -1.92. The SMILES string of the molecule is NCC1(CC(=O)N2CCN(CC(=O)Nc3ccccc3)CC2)CCCCC1. The zero-order chi connectivity index (χ0) is 19.1. The van der Waals surface area contributed by atoms with E-state index in [0.717, 1.165) is 31.6 Å². The third-order valence-electron chi connectivity index (χ3n) is 6.02. The molecule has 1 aliphatic heterocycles. The maximum atomic E-state index is 12.8. The number of hydrogen-bond donors (Lipinski definition) is 2. The van der Waals surface area contributed by atoms with Crippen molar-refractivity contribution in [3.8, 4) is 0 Å². The minimum Gasteiger partial charge on any atom is -0.340 e. The lowest BCUT2D eigenvalue weighted by Gasteiger charge is -2.39. The van der Waals surface area contributed by atoms with Gasteiger partial charge in [0.25, 0.3) is 0 Å². The molecule has 0 radical (unpaired) electrons. The molecule has 1 aliphatic carbocycles. The van der Waals surface area contributed by atoms with Crippen molar-refractivity contribution in [2.45, 2.75) is 38.5 Å². The van der Waals surface area contributed by atoms with Crippen LogP contribution < -0.4 is 11.1 Å². The number of rotatable bonds is 6. The molecular formula is C21H32N4O2. The minimum absolute atomic E-state index is 0.00901. The lowest BCUT2D eigenvalue weighted by molar-refractivity contribution is -0.136. The molecule has 0 unspecified atom stereocenters. The van der Waals surface area contributed by atoms with Crippen LogP contribution in [-0.4, -0.2) is 60.9 Å². The van der Waals surface area contributed by atoms with E-state index in [0.29, 0.717) is 32.6 Å². The number of piperazine rings is 1. The average Bonchev–Trinajstić information content (AvgIpc) is 2.70. The Balaban J connectivity index is 1.43. The summed E-state index contributed by atoms with van der Waals surface area (Å²) < 4.78 is 0. The van der Waals surface area contributed by atoms with Crippen LogP contribution in [0, 0.1) is 5.41 Å². The van der Waals surface area contributed by atoms with E-state index in [-0.39, 0.29) is 17.2 Å². The summed E-state index contributed by atoms with van der Waals surface area (Å²) in [6, 6.07) is 9.49. The quantitative estimate of drug-likeness (QED) is 0.801. The number of nitrogens with two attached hydrogens (primary N) is 1. The molecule has 6 heteroatoms. The number of hydrogen-bond acceptors (Lipinski definition) is 4. The molecule has 6 nitrogen and oxygen atoms in total. The van der Waals surface area contributed by atoms with Crippen molar-refractivity contribution in [3.05, 3.63) is 30.3 Å². The first-order valence-electron chi connectivity index (χ1n) is 10.2. The molecule has 1 heterocycles. The van der Waals surface area contributed by atoms with Crippen molar-refractivity contribution in [2.24, 2.45) is 11.1 Å². The second kappa shape index (κ2) is 9.33. The number of nitrogens with one attached hydrogen (secondary N) is 1. The van der Waals surface area contributed by atoms with Gasteiger partial charge in [0.2, 0.25) is 11.8 Å². The number of benzene rings is 1. The summed E-state index contributed by atoms with van der Waals surface area (Å²) in [7, 11) is 0. The zero-order valence-electron chi connectivity index (χ0n) is 16.2. The van der Waals surface area contributed by atoms with E-state index in [1.807, 2.05) is 35.2 Å². The molecule has 2 amide bonds. The van der Waals surface area contributed by atoms with Crippen LogP contribution in [-0.2, 0) is 9.59 Å². The van der Waals surface area contributed by atoms with Crippen molar-refractivity contribution in [1.29, 1.82) is 0 Å². The van der Waals surface area contributed by atoms with Crippen molar-refractivity contribution >= 4 is 17.5 Å². The first kappa shape index (κ1) is 19.8. The van der Waals surface area contributed by atoms with Crippen LogP contribution in [0.1, 0.15) is 38.5 Å². The predicted molar refractivity (Wildman–Crippen MR) is 107 cm³/mol. The summed E-state index contributed by atoms with van der Waals surface area (Å²) in [5.74, 6) is 0.223. The second-order valence-electron chi connectivity index (χ2n) is 8.01. The van der Waals surface area contributed by atoms with Gasteiger partial charge in [-0.1, -0.05) is 37.5 Å². The van der Waals surface area contributed by atoms with Crippen LogP contribution in [0.5, 0.6) is 0 Å². The first-order valence-corrected chi connectivity index (χ1v) is 10.2. The first-order chi connectivity index (χ1) is 13.1. The van der Waals surface area contributed by atoms with Gasteiger partial charge in [-0.05, 0) is 36.9 Å². The molecule has 148 valence electrons. The summed E-state index contributed by atoms with van der Waals surface area (Å²) in [5.41, 5.74) is 6.86. The van der Waals surface area contributed by atoms with E-state index in [4.69, 9.17) is 5.73 Å². The Morgan fingerprint density at radius 2 is 1.67 bits per heavy atom. The van der Waals surface area contributed by atoms with Crippen LogP contribution in [0.3, 0.4) is 0 Å². The number of para-hydroxylation sites is 1. The third kappa shape index (κ3) is 5.53. The van der Waals surface area contributed by atoms with E-state index in [2.05, 4.69) is 10.2 Å². The zero-order valence-corrected chi connectivity index (χ0v) is 16.2. The number of nitrogens with zero attached hydrogens (tertiary/aromatic N) is 2. The van der Waals surface area contributed by atoms with Crippen molar-refractivity contribution in [3.63, 3.8) is 0 Å².